The summed E-state index contributed by atoms with van der Waals surface area (Å²) in [7, 11) is 0. The number of carbonyl (C=O) groups is 1. The van der Waals surface area contributed by atoms with Gasteiger partial charge in [-0.1, -0.05) is 84.9 Å². The van der Waals surface area contributed by atoms with Gasteiger partial charge in [-0.2, -0.15) is 0 Å². The Hall–Kier alpha value is -4.31. The van der Waals surface area contributed by atoms with Gasteiger partial charge in [-0.25, -0.2) is 4.98 Å². The van der Waals surface area contributed by atoms with Crippen molar-refractivity contribution in [1.29, 1.82) is 0 Å². The maximum absolute atomic E-state index is 13.6. The van der Waals surface area contributed by atoms with E-state index in [1.165, 1.54) is 0 Å². The second-order valence-corrected chi connectivity index (χ2v) is 7.51. The lowest BCUT2D eigenvalue weighted by molar-refractivity contribution is 0.0944. The van der Waals surface area contributed by atoms with Gasteiger partial charge < -0.3 is 5.32 Å². The summed E-state index contributed by atoms with van der Waals surface area (Å²) in [6.45, 7) is 0. The molecule has 0 radical (unpaired) electrons. The first-order chi connectivity index (χ1) is 15.8. The smallest absolute Gasteiger partial charge is 0.252 e. The third-order valence-corrected chi connectivity index (χ3v) is 5.42. The molecule has 5 aromatic rings. The number of fused-ring (bicyclic) bond motifs is 1. The summed E-state index contributed by atoms with van der Waals surface area (Å²) in [6, 6.07) is 34.8. The van der Waals surface area contributed by atoms with Gasteiger partial charge in [0.1, 0.15) is 0 Å². The molecule has 1 unspecified atom stereocenters. The molecule has 32 heavy (non-hydrogen) atoms. The van der Waals surface area contributed by atoms with Gasteiger partial charge >= 0.3 is 0 Å². The van der Waals surface area contributed by atoms with Crippen molar-refractivity contribution in [2.75, 3.05) is 0 Å². The number of benzene rings is 3. The standard InChI is InChI=1S/C28H21N3O/c32-28(31-27(21-13-5-2-6-14-21)25-17-9-10-18-29-25)23-19-26(20-11-3-1-4-12-20)30-24-16-8-7-15-22(23)24/h1-19,27H,(H,31,32). The highest BCUT2D eigenvalue weighted by Crippen LogP contribution is 2.26. The Bertz CT molecular complexity index is 1310. The first-order valence-electron chi connectivity index (χ1n) is 10.5. The minimum Gasteiger partial charge on any atom is -0.340 e. The molecule has 0 aliphatic carbocycles. The van der Waals surface area contributed by atoms with Gasteiger partial charge in [0.15, 0.2) is 0 Å². The predicted molar refractivity (Wildman–Crippen MR) is 127 cm³/mol. The molecular formula is C28H21N3O. The van der Waals surface area contributed by atoms with Crippen molar-refractivity contribution in [1.82, 2.24) is 15.3 Å². The lowest BCUT2D eigenvalue weighted by Gasteiger charge is -2.20. The van der Waals surface area contributed by atoms with Crippen LogP contribution in [0, 0.1) is 0 Å². The van der Waals surface area contributed by atoms with Crippen LogP contribution in [0.1, 0.15) is 27.7 Å². The summed E-state index contributed by atoms with van der Waals surface area (Å²) in [5, 5.41) is 4.02. The van der Waals surface area contributed by atoms with E-state index in [2.05, 4.69) is 10.3 Å². The molecule has 4 heteroatoms. The zero-order valence-corrected chi connectivity index (χ0v) is 17.3. The molecule has 1 atom stereocenters. The Morgan fingerprint density at radius 3 is 2.19 bits per heavy atom. The third kappa shape index (κ3) is 3.98. The van der Waals surface area contributed by atoms with Crippen LogP contribution in [0.25, 0.3) is 22.2 Å². The molecule has 154 valence electrons. The van der Waals surface area contributed by atoms with Gasteiger partial charge in [-0.05, 0) is 29.8 Å². The minimum atomic E-state index is -0.364. The average molecular weight is 415 g/mol. The molecule has 1 amide bonds. The monoisotopic (exact) mass is 415 g/mol. The quantitative estimate of drug-likeness (QED) is 0.394. The Labute approximate surface area is 186 Å². The highest BCUT2D eigenvalue weighted by Gasteiger charge is 2.21. The van der Waals surface area contributed by atoms with Crippen LogP contribution in [-0.2, 0) is 0 Å². The maximum atomic E-state index is 13.6. The number of rotatable bonds is 5. The molecular weight excluding hydrogens is 394 g/mol. The zero-order chi connectivity index (χ0) is 21.8. The van der Waals surface area contributed by atoms with E-state index in [1.54, 1.807) is 6.20 Å². The van der Waals surface area contributed by atoms with Crippen molar-refractivity contribution in [3.05, 3.63) is 132 Å². The zero-order valence-electron chi connectivity index (χ0n) is 17.3. The van der Waals surface area contributed by atoms with E-state index in [1.807, 2.05) is 109 Å². The number of amides is 1. The van der Waals surface area contributed by atoms with E-state index in [0.717, 1.165) is 33.4 Å². The van der Waals surface area contributed by atoms with Crippen LogP contribution < -0.4 is 5.32 Å². The predicted octanol–water partition coefficient (Wildman–Crippen LogP) is 5.82. The van der Waals surface area contributed by atoms with Crippen molar-refractivity contribution in [3.8, 4) is 11.3 Å². The molecule has 1 N–H and O–H groups in total. The first kappa shape index (κ1) is 19.6. The molecule has 0 saturated carbocycles. The summed E-state index contributed by atoms with van der Waals surface area (Å²) in [5.41, 5.74) is 4.87. The van der Waals surface area contributed by atoms with E-state index >= 15 is 0 Å². The highest BCUT2D eigenvalue weighted by molar-refractivity contribution is 6.07. The lowest BCUT2D eigenvalue weighted by Crippen LogP contribution is -2.30. The van der Waals surface area contributed by atoms with Crippen LogP contribution >= 0.6 is 0 Å². The van der Waals surface area contributed by atoms with E-state index in [4.69, 9.17) is 4.98 Å². The Kier molecular flexibility index (Phi) is 5.41. The molecule has 0 aliphatic rings. The first-order valence-corrected chi connectivity index (χ1v) is 10.5. The number of hydrogen-bond acceptors (Lipinski definition) is 3. The fourth-order valence-corrected chi connectivity index (χ4v) is 3.85. The topological polar surface area (TPSA) is 54.9 Å². The molecule has 5 rings (SSSR count). The summed E-state index contributed by atoms with van der Waals surface area (Å²) < 4.78 is 0. The van der Waals surface area contributed by atoms with Gasteiger partial charge in [0.2, 0.25) is 0 Å². The molecule has 0 saturated heterocycles. The second-order valence-electron chi connectivity index (χ2n) is 7.51. The Morgan fingerprint density at radius 2 is 1.44 bits per heavy atom. The van der Waals surface area contributed by atoms with Gasteiger partial charge in [0, 0.05) is 17.1 Å². The van der Waals surface area contributed by atoms with Crippen LogP contribution in [0.15, 0.2) is 115 Å². The van der Waals surface area contributed by atoms with Crippen LogP contribution in [-0.4, -0.2) is 15.9 Å². The maximum Gasteiger partial charge on any atom is 0.252 e. The summed E-state index contributed by atoms with van der Waals surface area (Å²) in [6.07, 6.45) is 1.74. The van der Waals surface area contributed by atoms with E-state index in [0.29, 0.717) is 5.56 Å². The molecule has 2 aromatic heterocycles. The fraction of sp³-hybridized carbons (Fsp3) is 0.0357. The average Bonchev–Trinajstić information content (AvgIpc) is 2.88. The van der Waals surface area contributed by atoms with E-state index < -0.39 is 0 Å². The summed E-state index contributed by atoms with van der Waals surface area (Å²) in [5.74, 6) is -0.166. The van der Waals surface area contributed by atoms with Crippen LogP contribution in [0.2, 0.25) is 0 Å². The number of nitrogens with one attached hydrogen (secondary N) is 1. The van der Waals surface area contributed by atoms with Crippen molar-refractivity contribution < 1.29 is 4.79 Å². The molecule has 4 nitrogen and oxygen atoms in total. The van der Waals surface area contributed by atoms with Crippen LogP contribution in [0.3, 0.4) is 0 Å². The Balaban J connectivity index is 1.59. The van der Waals surface area contributed by atoms with Crippen molar-refractivity contribution in [2.45, 2.75) is 6.04 Å². The number of hydrogen-bond donors (Lipinski definition) is 1. The molecule has 0 aliphatic heterocycles. The molecule has 0 spiro atoms. The minimum absolute atomic E-state index is 0.166. The van der Waals surface area contributed by atoms with Gasteiger partial charge in [-0.15, -0.1) is 0 Å². The number of aromatic nitrogens is 2. The fourth-order valence-electron chi connectivity index (χ4n) is 3.85. The molecule has 0 bridgehead atoms. The van der Waals surface area contributed by atoms with Crippen molar-refractivity contribution in [3.63, 3.8) is 0 Å². The number of pyridine rings is 2. The van der Waals surface area contributed by atoms with Gasteiger partial charge in [0.25, 0.3) is 5.91 Å². The van der Waals surface area contributed by atoms with Gasteiger partial charge in [-0.3, -0.25) is 9.78 Å². The normalized spacial score (nSPS) is 11.8. The molecule has 0 fully saturated rings. The largest absolute Gasteiger partial charge is 0.340 e. The number of carbonyl (C=O) groups excluding carboxylic acids is 1. The lowest BCUT2D eigenvalue weighted by atomic mass is 10.0. The van der Waals surface area contributed by atoms with E-state index in [-0.39, 0.29) is 11.9 Å². The molecule has 2 heterocycles. The van der Waals surface area contributed by atoms with Gasteiger partial charge in [0.05, 0.1) is 28.5 Å². The van der Waals surface area contributed by atoms with Crippen molar-refractivity contribution >= 4 is 16.8 Å². The summed E-state index contributed by atoms with van der Waals surface area (Å²) in [4.78, 5) is 22.9. The van der Waals surface area contributed by atoms with E-state index in [9.17, 15) is 4.79 Å². The van der Waals surface area contributed by atoms with Crippen LogP contribution in [0.4, 0.5) is 0 Å². The van der Waals surface area contributed by atoms with Crippen LogP contribution in [0.5, 0.6) is 0 Å². The third-order valence-electron chi connectivity index (χ3n) is 5.42. The molecule has 3 aromatic carbocycles. The number of nitrogens with zero attached hydrogens (tertiary/aromatic N) is 2. The van der Waals surface area contributed by atoms with Crippen molar-refractivity contribution in [2.24, 2.45) is 0 Å². The highest BCUT2D eigenvalue weighted by atomic mass is 16.1. The summed E-state index contributed by atoms with van der Waals surface area (Å²) >= 11 is 0. The Morgan fingerprint density at radius 1 is 0.750 bits per heavy atom. The number of para-hydroxylation sites is 1. The SMILES string of the molecule is O=C(NC(c1ccccc1)c1ccccn1)c1cc(-c2ccccc2)nc2ccccc12. The second kappa shape index (κ2) is 8.82.